The highest BCUT2D eigenvalue weighted by Gasteiger charge is 2.10. The van der Waals surface area contributed by atoms with Crippen LogP contribution < -0.4 is 5.32 Å². The summed E-state index contributed by atoms with van der Waals surface area (Å²) in [7, 11) is 1.87. The Morgan fingerprint density at radius 1 is 1.58 bits per heavy atom. The van der Waals surface area contributed by atoms with Crippen LogP contribution in [-0.4, -0.2) is 17.2 Å². The van der Waals surface area contributed by atoms with Crippen LogP contribution in [0.1, 0.15) is 38.0 Å². The summed E-state index contributed by atoms with van der Waals surface area (Å²) in [6, 6.07) is 0.142. The summed E-state index contributed by atoms with van der Waals surface area (Å²) >= 11 is 0. The molecule has 0 saturated carbocycles. The van der Waals surface area contributed by atoms with Gasteiger partial charge in [-0.2, -0.15) is 4.98 Å². The van der Waals surface area contributed by atoms with Crippen molar-refractivity contribution in [1.82, 2.24) is 15.5 Å². The van der Waals surface area contributed by atoms with Crippen LogP contribution in [0, 0.1) is 0 Å². The number of nitrogens with one attached hydrogen (secondary N) is 1. The number of aromatic nitrogens is 2. The van der Waals surface area contributed by atoms with E-state index in [9.17, 15) is 0 Å². The van der Waals surface area contributed by atoms with E-state index in [-0.39, 0.29) is 6.04 Å². The van der Waals surface area contributed by atoms with Crippen LogP contribution in [0.4, 0.5) is 0 Å². The average molecular weight is 169 g/mol. The molecular formula is C8H15N3O. The second-order valence-corrected chi connectivity index (χ2v) is 2.81. The van der Waals surface area contributed by atoms with Crippen LogP contribution in [0.25, 0.3) is 0 Å². The van der Waals surface area contributed by atoms with Gasteiger partial charge >= 0.3 is 0 Å². The predicted molar refractivity (Wildman–Crippen MR) is 45.8 cm³/mol. The molecule has 1 rings (SSSR count). The maximum Gasteiger partial charge on any atom is 0.243 e. The third-order valence-electron chi connectivity index (χ3n) is 1.76. The molecule has 0 aliphatic heterocycles. The molecule has 0 amide bonds. The lowest BCUT2D eigenvalue weighted by Crippen LogP contribution is -2.12. The zero-order chi connectivity index (χ0) is 8.97. The van der Waals surface area contributed by atoms with Crippen LogP contribution in [0.5, 0.6) is 0 Å². The highest BCUT2D eigenvalue weighted by atomic mass is 16.5. The molecule has 0 radical (unpaired) electrons. The Hall–Kier alpha value is -0.900. The first-order valence-corrected chi connectivity index (χ1v) is 4.27. The van der Waals surface area contributed by atoms with Gasteiger partial charge in [-0.1, -0.05) is 12.1 Å². The monoisotopic (exact) mass is 169 g/mol. The number of hydrogen-bond donors (Lipinski definition) is 1. The summed E-state index contributed by atoms with van der Waals surface area (Å²) in [5, 5.41) is 6.89. The molecule has 0 bridgehead atoms. The molecule has 1 heterocycles. The minimum Gasteiger partial charge on any atom is -0.338 e. The lowest BCUT2D eigenvalue weighted by Gasteiger charge is -2.01. The van der Waals surface area contributed by atoms with Crippen LogP contribution in [0.2, 0.25) is 0 Å². The standard InChI is InChI=1S/C8H15N3O/c1-4-5-7-10-8(12-11-7)6(2)9-3/h6,9H,4-5H2,1-3H3. The van der Waals surface area contributed by atoms with E-state index in [2.05, 4.69) is 22.4 Å². The highest BCUT2D eigenvalue weighted by Crippen LogP contribution is 2.08. The first-order chi connectivity index (χ1) is 5.77. The Balaban J connectivity index is 2.63. The first kappa shape index (κ1) is 9.19. The SMILES string of the molecule is CCCc1noc(C(C)NC)n1. The van der Waals surface area contributed by atoms with Gasteiger partial charge in [0.15, 0.2) is 5.82 Å². The largest absolute Gasteiger partial charge is 0.338 e. The predicted octanol–water partition coefficient (Wildman–Crippen LogP) is 1.30. The minimum atomic E-state index is 0.142. The molecule has 1 aromatic heterocycles. The average Bonchev–Trinajstić information content (AvgIpc) is 2.52. The molecule has 0 fully saturated rings. The Morgan fingerprint density at radius 3 is 2.92 bits per heavy atom. The maximum atomic E-state index is 5.05. The lowest BCUT2D eigenvalue weighted by atomic mass is 10.3. The van der Waals surface area contributed by atoms with E-state index in [0.29, 0.717) is 5.89 Å². The Kier molecular flexibility index (Phi) is 3.22. The second-order valence-electron chi connectivity index (χ2n) is 2.81. The molecule has 1 N–H and O–H groups in total. The number of nitrogens with zero attached hydrogens (tertiary/aromatic N) is 2. The van der Waals surface area contributed by atoms with Crippen molar-refractivity contribution in [1.29, 1.82) is 0 Å². The number of hydrogen-bond acceptors (Lipinski definition) is 4. The molecule has 0 aliphatic rings. The molecule has 0 aliphatic carbocycles. The topological polar surface area (TPSA) is 51.0 Å². The summed E-state index contributed by atoms with van der Waals surface area (Å²) in [6.45, 7) is 4.08. The summed E-state index contributed by atoms with van der Waals surface area (Å²) in [5.74, 6) is 1.47. The van der Waals surface area contributed by atoms with Gasteiger partial charge in [-0.3, -0.25) is 0 Å². The van der Waals surface area contributed by atoms with E-state index in [1.54, 1.807) is 0 Å². The van der Waals surface area contributed by atoms with Gasteiger partial charge in [0.25, 0.3) is 0 Å². The fourth-order valence-corrected chi connectivity index (χ4v) is 0.892. The zero-order valence-corrected chi connectivity index (χ0v) is 7.79. The number of aryl methyl sites for hydroxylation is 1. The quantitative estimate of drug-likeness (QED) is 0.738. The molecule has 68 valence electrons. The van der Waals surface area contributed by atoms with Gasteiger partial charge in [0, 0.05) is 6.42 Å². The third kappa shape index (κ3) is 2.04. The van der Waals surface area contributed by atoms with E-state index in [1.807, 2.05) is 14.0 Å². The van der Waals surface area contributed by atoms with Crippen LogP contribution in [-0.2, 0) is 6.42 Å². The van der Waals surface area contributed by atoms with Crippen molar-refractivity contribution in [2.45, 2.75) is 32.7 Å². The van der Waals surface area contributed by atoms with Crippen molar-refractivity contribution in [3.8, 4) is 0 Å². The van der Waals surface area contributed by atoms with Gasteiger partial charge in [-0.25, -0.2) is 0 Å². The van der Waals surface area contributed by atoms with Gasteiger partial charge in [0.1, 0.15) is 0 Å². The third-order valence-corrected chi connectivity index (χ3v) is 1.76. The Labute approximate surface area is 72.4 Å². The van der Waals surface area contributed by atoms with Gasteiger partial charge in [0.2, 0.25) is 5.89 Å². The van der Waals surface area contributed by atoms with Gasteiger partial charge < -0.3 is 9.84 Å². The van der Waals surface area contributed by atoms with Crippen molar-refractivity contribution in [3.63, 3.8) is 0 Å². The molecule has 0 aromatic carbocycles. The van der Waals surface area contributed by atoms with Crippen LogP contribution in [0.15, 0.2) is 4.52 Å². The molecule has 1 aromatic rings. The molecule has 1 atom stereocenters. The molecule has 0 spiro atoms. The first-order valence-electron chi connectivity index (χ1n) is 4.27. The minimum absolute atomic E-state index is 0.142. The fraction of sp³-hybridized carbons (Fsp3) is 0.750. The molecule has 12 heavy (non-hydrogen) atoms. The lowest BCUT2D eigenvalue weighted by molar-refractivity contribution is 0.343. The van der Waals surface area contributed by atoms with Crippen LogP contribution in [0.3, 0.4) is 0 Å². The summed E-state index contributed by atoms with van der Waals surface area (Å²) in [4.78, 5) is 4.23. The highest BCUT2D eigenvalue weighted by molar-refractivity contribution is 4.90. The normalized spacial score (nSPS) is 13.2. The van der Waals surface area contributed by atoms with E-state index in [1.165, 1.54) is 0 Å². The van der Waals surface area contributed by atoms with Crippen molar-refractivity contribution >= 4 is 0 Å². The number of rotatable bonds is 4. The molecule has 1 unspecified atom stereocenters. The molecular weight excluding hydrogens is 154 g/mol. The van der Waals surface area contributed by atoms with E-state index < -0.39 is 0 Å². The second kappa shape index (κ2) is 4.21. The van der Waals surface area contributed by atoms with Crippen molar-refractivity contribution in [2.75, 3.05) is 7.05 Å². The summed E-state index contributed by atoms with van der Waals surface area (Å²) in [6.07, 6.45) is 1.94. The smallest absolute Gasteiger partial charge is 0.243 e. The van der Waals surface area contributed by atoms with Crippen molar-refractivity contribution < 1.29 is 4.52 Å². The summed E-state index contributed by atoms with van der Waals surface area (Å²) in [5.41, 5.74) is 0. The fourth-order valence-electron chi connectivity index (χ4n) is 0.892. The molecule has 4 heteroatoms. The Bertz CT molecular complexity index is 234. The van der Waals surface area contributed by atoms with Gasteiger partial charge in [-0.15, -0.1) is 0 Å². The zero-order valence-electron chi connectivity index (χ0n) is 7.79. The molecule has 0 saturated heterocycles. The van der Waals surface area contributed by atoms with Crippen LogP contribution >= 0.6 is 0 Å². The maximum absolute atomic E-state index is 5.05. The summed E-state index contributed by atoms with van der Waals surface area (Å²) < 4.78 is 5.05. The van der Waals surface area contributed by atoms with Crippen molar-refractivity contribution in [3.05, 3.63) is 11.7 Å². The van der Waals surface area contributed by atoms with Gasteiger partial charge in [-0.05, 0) is 20.4 Å². The molecule has 4 nitrogen and oxygen atoms in total. The van der Waals surface area contributed by atoms with Crippen molar-refractivity contribution in [2.24, 2.45) is 0 Å². The van der Waals surface area contributed by atoms with E-state index in [4.69, 9.17) is 4.52 Å². The van der Waals surface area contributed by atoms with E-state index >= 15 is 0 Å². The van der Waals surface area contributed by atoms with Gasteiger partial charge in [0.05, 0.1) is 6.04 Å². The Morgan fingerprint density at radius 2 is 2.33 bits per heavy atom. The van der Waals surface area contributed by atoms with E-state index in [0.717, 1.165) is 18.7 Å².